The molecule has 1 aliphatic carbocycles. The van der Waals surface area contributed by atoms with Crippen LogP contribution in [0.4, 0.5) is 10.9 Å². The van der Waals surface area contributed by atoms with Gasteiger partial charge in [0.25, 0.3) is 5.91 Å². The second-order valence-corrected chi connectivity index (χ2v) is 6.37. The fourth-order valence-electron chi connectivity index (χ4n) is 2.97. The van der Waals surface area contributed by atoms with Crippen molar-refractivity contribution in [1.29, 1.82) is 0 Å². The molecule has 0 radical (unpaired) electrons. The maximum atomic E-state index is 12.5. The van der Waals surface area contributed by atoms with Crippen LogP contribution in [-0.4, -0.2) is 42.5 Å². The van der Waals surface area contributed by atoms with Crippen LogP contribution in [0.25, 0.3) is 0 Å². The average Bonchev–Trinajstić information content (AvgIpc) is 3.01. The topological polar surface area (TPSA) is 62.5 Å². The molecule has 2 unspecified atom stereocenters. The molecule has 5 nitrogen and oxygen atoms in total. The quantitative estimate of drug-likeness (QED) is 0.879. The van der Waals surface area contributed by atoms with Gasteiger partial charge in [0.05, 0.1) is 0 Å². The first-order valence-electron chi connectivity index (χ1n) is 6.31. The number of thiazole rings is 1. The van der Waals surface area contributed by atoms with Gasteiger partial charge in [-0.05, 0) is 25.2 Å². The number of amides is 1. The fourth-order valence-corrected chi connectivity index (χ4v) is 3.83. The van der Waals surface area contributed by atoms with Crippen LogP contribution in [0.5, 0.6) is 0 Å². The van der Waals surface area contributed by atoms with Crippen molar-refractivity contribution in [1.82, 2.24) is 9.88 Å². The molecule has 6 heteroatoms. The van der Waals surface area contributed by atoms with Crippen molar-refractivity contribution >= 4 is 28.2 Å². The number of rotatable bonds is 2. The Hall–Kier alpha value is -1.30. The zero-order valence-electron chi connectivity index (χ0n) is 10.7. The number of fused-ring (bicyclic) bond motifs is 2. The zero-order chi connectivity index (χ0) is 12.9. The van der Waals surface area contributed by atoms with Crippen molar-refractivity contribution in [2.75, 3.05) is 31.3 Å². The smallest absolute Gasteiger partial charge is 0.268 e. The molecule has 18 heavy (non-hydrogen) atoms. The van der Waals surface area contributed by atoms with Gasteiger partial charge in [0.1, 0.15) is 10.7 Å². The first-order chi connectivity index (χ1) is 8.56. The molecule has 1 aliphatic heterocycles. The molecule has 1 saturated carbocycles. The number of nitrogens with zero attached hydrogens (tertiary/aromatic N) is 3. The van der Waals surface area contributed by atoms with E-state index < -0.39 is 0 Å². The second-order valence-electron chi connectivity index (χ2n) is 5.40. The summed E-state index contributed by atoms with van der Waals surface area (Å²) in [6.45, 7) is 0.901. The molecular formula is C12H18N4OS. The summed E-state index contributed by atoms with van der Waals surface area (Å²) in [4.78, 5) is 21.2. The summed E-state index contributed by atoms with van der Waals surface area (Å²) < 4.78 is 0. The molecule has 1 aromatic heterocycles. The molecule has 1 aromatic rings. The molecule has 2 bridgehead atoms. The van der Waals surface area contributed by atoms with Gasteiger partial charge in [-0.3, -0.25) is 4.79 Å². The van der Waals surface area contributed by atoms with Crippen LogP contribution in [0.3, 0.4) is 0 Å². The maximum absolute atomic E-state index is 12.5. The standard InChI is InChI=1S/C12H18N4OS/c1-15(2)12-14-10(13)9(18-12)11(17)16-6-7-3-4-8(16)5-7/h7-8H,3-6,13H2,1-2H3. The van der Waals surface area contributed by atoms with Crippen molar-refractivity contribution in [2.45, 2.75) is 25.3 Å². The van der Waals surface area contributed by atoms with Gasteiger partial charge in [0.15, 0.2) is 5.13 Å². The average molecular weight is 266 g/mol. The Morgan fingerprint density at radius 2 is 2.28 bits per heavy atom. The molecule has 2 atom stereocenters. The van der Waals surface area contributed by atoms with Crippen LogP contribution in [0.2, 0.25) is 0 Å². The molecule has 1 amide bonds. The summed E-state index contributed by atoms with van der Waals surface area (Å²) in [7, 11) is 3.81. The van der Waals surface area contributed by atoms with Crippen molar-refractivity contribution in [3.8, 4) is 0 Å². The Labute approximate surface area is 111 Å². The van der Waals surface area contributed by atoms with E-state index in [1.54, 1.807) is 0 Å². The lowest BCUT2D eigenvalue weighted by atomic mass is 10.1. The minimum absolute atomic E-state index is 0.0744. The zero-order valence-corrected chi connectivity index (χ0v) is 11.5. The number of nitrogen functional groups attached to an aromatic ring is 1. The summed E-state index contributed by atoms with van der Waals surface area (Å²) >= 11 is 1.39. The summed E-state index contributed by atoms with van der Waals surface area (Å²) in [6.07, 6.45) is 3.59. The summed E-state index contributed by atoms with van der Waals surface area (Å²) in [6, 6.07) is 0.437. The number of carbonyl (C=O) groups is 1. The van der Waals surface area contributed by atoms with E-state index in [0.717, 1.165) is 18.1 Å². The van der Waals surface area contributed by atoms with Crippen LogP contribution in [0.1, 0.15) is 28.9 Å². The predicted molar refractivity (Wildman–Crippen MR) is 73.0 cm³/mol. The first-order valence-corrected chi connectivity index (χ1v) is 7.12. The predicted octanol–water partition coefficient (Wildman–Crippen LogP) is 1.42. The van der Waals surface area contributed by atoms with Crippen molar-refractivity contribution in [3.63, 3.8) is 0 Å². The SMILES string of the molecule is CN(C)c1nc(N)c(C(=O)N2CC3CCC2C3)s1. The highest BCUT2D eigenvalue weighted by Gasteiger charge is 2.41. The van der Waals surface area contributed by atoms with Crippen molar-refractivity contribution in [3.05, 3.63) is 4.88 Å². The number of anilines is 2. The highest BCUT2D eigenvalue weighted by molar-refractivity contribution is 7.18. The Morgan fingerprint density at radius 3 is 2.78 bits per heavy atom. The molecule has 0 spiro atoms. The molecule has 2 heterocycles. The Balaban J connectivity index is 1.84. The van der Waals surface area contributed by atoms with Crippen molar-refractivity contribution < 1.29 is 4.79 Å². The van der Waals surface area contributed by atoms with Crippen LogP contribution in [-0.2, 0) is 0 Å². The van der Waals surface area contributed by atoms with Crippen molar-refractivity contribution in [2.24, 2.45) is 5.92 Å². The third-order valence-electron chi connectivity index (χ3n) is 3.89. The molecule has 2 aliphatic rings. The summed E-state index contributed by atoms with van der Waals surface area (Å²) in [5, 5.41) is 0.792. The monoisotopic (exact) mass is 266 g/mol. The van der Waals surface area contributed by atoms with E-state index in [1.807, 2.05) is 23.9 Å². The van der Waals surface area contributed by atoms with Gasteiger partial charge in [-0.2, -0.15) is 0 Å². The number of likely N-dealkylation sites (tertiary alicyclic amines) is 1. The highest BCUT2D eigenvalue weighted by Crippen LogP contribution is 2.39. The lowest BCUT2D eigenvalue weighted by molar-refractivity contribution is 0.0709. The molecule has 1 saturated heterocycles. The number of aromatic nitrogens is 1. The minimum atomic E-state index is 0.0744. The highest BCUT2D eigenvalue weighted by atomic mass is 32.1. The second kappa shape index (κ2) is 4.12. The van der Waals surface area contributed by atoms with Crippen LogP contribution in [0, 0.1) is 5.92 Å². The van der Waals surface area contributed by atoms with Gasteiger partial charge in [-0.25, -0.2) is 4.98 Å². The van der Waals surface area contributed by atoms with Crippen LogP contribution in [0.15, 0.2) is 0 Å². The third-order valence-corrected chi connectivity index (χ3v) is 5.12. The van der Waals surface area contributed by atoms with Crippen LogP contribution >= 0.6 is 11.3 Å². The van der Waals surface area contributed by atoms with E-state index in [2.05, 4.69) is 4.98 Å². The van der Waals surface area contributed by atoms with E-state index in [4.69, 9.17) is 5.73 Å². The molecule has 2 fully saturated rings. The third kappa shape index (κ3) is 1.75. The van der Waals surface area contributed by atoms with E-state index >= 15 is 0 Å². The molecule has 98 valence electrons. The van der Waals surface area contributed by atoms with Gasteiger partial charge >= 0.3 is 0 Å². The Kier molecular flexibility index (Phi) is 2.69. The minimum Gasteiger partial charge on any atom is -0.382 e. The first kappa shape index (κ1) is 11.8. The van der Waals surface area contributed by atoms with E-state index in [9.17, 15) is 4.79 Å². The molecular weight excluding hydrogens is 248 g/mol. The lowest BCUT2D eigenvalue weighted by Gasteiger charge is -2.26. The van der Waals surface area contributed by atoms with Gasteiger partial charge in [-0.1, -0.05) is 11.3 Å². The van der Waals surface area contributed by atoms with E-state index in [0.29, 0.717) is 22.7 Å². The number of nitrogens with two attached hydrogens (primary N) is 1. The van der Waals surface area contributed by atoms with Gasteiger partial charge in [0.2, 0.25) is 0 Å². The van der Waals surface area contributed by atoms with E-state index in [1.165, 1.54) is 24.2 Å². The number of hydrogen-bond acceptors (Lipinski definition) is 5. The number of piperidine rings is 1. The lowest BCUT2D eigenvalue weighted by Crippen LogP contribution is -2.37. The molecule has 2 N–H and O–H groups in total. The molecule has 0 aromatic carbocycles. The summed E-state index contributed by atoms with van der Waals surface area (Å²) in [5.41, 5.74) is 5.87. The summed E-state index contributed by atoms with van der Waals surface area (Å²) in [5.74, 6) is 1.16. The number of hydrogen-bond donors (Lipinski definition) is 1. The van der Waals surface area contributed by atoms with Gasteiger partial charge < -0.3 is 15.5 Å². The van der Waals surface area contributed by atoms with E-state index in [-0.39, 0.29) is 5.91 Å². The maximum Gasteiger partial charge on any atom is 0.268 e. The van der Waals surface area contributed by atoms with Gasteiger partial charge in [0, 0.05) is 26.7 Å². The molecule has 3 rings (SSSR count). The Morgan fingerprint density at radius 1 is 1.50 bits per heavy atom. The van der Waals surface area contributed by atoms with Crippen LogP contribution < -0.4 is 10.6 Å². The normalized spacial score (nSPS) is 25.8. The van der Waals surface area contributed by atoms with Gasteiger partial charge in [-0.15, -0.1) is 0 Å². The largest absolute Gasteiger partial charge is 0.382 e. The number of carbonyl (C=O) groups excluding carboxylic acids is 1. The fraction of sp³-hybridized carbons (Fsp3) is 0.667. The Bertz CT molecular complexity index is 484.